The Morgan fingerprint density at radius 3 is 2.64 bits per heavy atom. The predicted molar refractivity (Wildman–Crippen MR) is 117 cm³/mol. The van der Waals surface area contributed by atoms with Crippen molar-refractivity contribution >= 4 is 23.5 Å². The minimum Gasteiger partial charge on any atom is -0.368 e. The average Bonchev–Trinajstić information content (AvgIpc) is 3.20. The number of Topliss-reactive ketones (excluding diaryl/α,β-unsaturated/α-hetero) is 1. The third-order valence-corrected chi connectivity index (χ3v) is 8.65. The second kappa shape index (κ2) is 9.59. The van der Waals surface area contributed by atoms with Crippen molar-refractivity contribution in [1.29, 1.82) is 0 Å². The number of nitrogens with one attached hydrogen (secondary N) is 2. The van der Waals surface area contributed by atoms with Gasteiger partial charge >= 0.3 is 6.36 Å². The highest BCUT2D eigenvalue weighted by molar-refractivity contribution is 5.95. The van der Waals surface area contributed by atoms with Crippen LogP contribution in [0.1, 0.15) is 51.4 Å². The fourth-order valence-corrected chi connectivity index (χ4v) is 6.46. The molecule has 0 radical (unpaired) electrons. The van der Waals surface area contributed by atoms with Crippen LogP contribution >= 0.6 is 0 Å². The zero-order valence-electron chi connectivity index (χ0n) is 20.0. The molecule has 2 N–H and O–H groups in total. The number of alkyl halides is 3. The number of amides is 3. The van der Waals surface area contributed by atoms with Gasteiger partial charge in [-0.1, -0.05) is 6.42 Å². The Morgan fingerprint density at radius 1 is 1.22 bits per heavy atom. The van der Waals surface area contributed by atoms with Gasteiger partial charge < -0.3 is 20.3 Å². The summed E-state index contributed by atoms with van der Waals surface area (Å²) in [6.45, 7) is 0.102. The molecule has 0 aromatic rings. The average molecular weight is 516 g/mol. The van der Waals surface area contributed by atoms with Crippen molar-refractivity contribution in [1.82, 2.24) is 15.5 Å². The molecule has 5 aliphatic rings. The smallest absolute Gasteiger partial charge is 0.368 e. The molecule has 0 aromatic carbocycles. The van der Waals surface area contributed by atoms with E-state index in [1.165, 1.54) is 0 Å². The molecule has 200 valence electrons. The number of hydrogen-bond acceptors (Lipinski definition) is 6. The van der Waals surface area contributed by atoms with Gasteiger partial charge in [-0.05, 0) is 62.2 Å². The van der Waals surface area contributed by atoms with Crippen molar-refractivity contribution in [3.63, 3.8) is 0 Å². The molecule has 2 saturated carbocycles. The molecule has 9 nitrogen and oxygen atoms in total. The van der Waals surface area contributed by atoms with E-state index in [1.807, 2.05) is 0 Å². The summed E-state index contributed by atoms with van der Waals surface area (Å²) in [6.07, 6.45) is -0.0383. The molecule has 1 unspecified atom stereocenters. The Balaban J connectivity index is 1.31. The number of ether oxygens (including phenoxy) is 2. The summed E-state index contributed by atoms with van der Waals surface area (Å²) in [7, 11) is 0. The van der Waals surface area contributed by atoms with E-state index >= 15 is 0 Å². The van der Waals surface area contributed by atoms with E-state index in [1.54, 1.807) is 4.90 Å². The van der Waals surface area contributed by atoms with Crippen LogP contribution in [-0.2, 0) is 28.7 Å². The molecule has 5 rings (SSSR count). The van der Waals surface area contributed by atoms with E-state index in [9.17, 15) is 32.3 Å². The van der Waals surface area contributed by atoms with Crippen LogP contribution in [0.3, 0.4) is 0 Å². The summed E-state index contributed by atoms with van der Waals surface area (Å²) in [5, 5.41) is 5.24. The molecule has 3 heterocycles. The molecule has 1 spiro atoms. The summed E-state index contributed by atoms with van der Waals surface area (Å²) in [4.78, 5) is 53.3. The van der Waals surface area contributed by atoms with Gasteiger partial charge in [-0.3, -0.25) is 23.9 Å². The lowest BCUT2D eigenvalue weighted by molar-refractivity contribution is -0.321. The number of nitrogens with zero attached hydrogens (tertiary/aromatic N) is 1. The molecule has 0 bridgehead atoms. The predicted octanol–water partition coefficient (Wildman–Crippen LogP) is 1.30. The Bertz CT molecular complexity index is 923. The summed E-state index contributed by atoms with van der Waals surface area (Å²) in [5.41, 5.74) is 0.0888. The number of rotatable bonds is 8. The number of carbonyl (C=O) groups excluding carboxylic acids is 4. The van der Waals surface area contributed by atoms with Gasteiger partial charge in [0.25, 0.3) is 5.91 Å². The SMILES string of the molecule is O=C1NCC[C@H]1C[C@H](NC(=O)[C@@H]1[C@H]2CCC[C@H]2CN1C(=O)C1CC2(CC2)CO1)C(=O)COC(F)(F)F. The standard InChI is InChI=1S/C24H32F3N3O6/c25-24(26,27)36-11-17(31)16(8-13-4-7-28-20(13)32)29-21(33)19-15-3-1-2-14(15)10-30(19)22(34)18-9-23(5-6-23)12-35-18/h13-16,18-19H,1-12H2,(H,28,32)(H,29,33)/t13-,14-,15-,16-,18?,19-/m0/s1. The van der Waals surface area contributed by atoms with Gasteiger partial charge in [-0.15, -0.1) is 13.2 Å². The number of carbonyl (C=O) groups is 4. The molecule has 6 atom stereocenters. The van der Waals surface area contributed by atoms with Crippen molar-refractivity contribution in [2.45, 2.75) is 75.9 Å². The Labute approximate surface area is 206 Å². The number of ketones is 1. The highest BCUT2D eigenvalue weighted by atomic mass is 19.4. The first-order valence-corrected chi connectivity index (χ1v) is 12.8. The van der Waals surface area contributed by atoms with Crippen molar-refractivity contribution in [2.24, 2.45) is 23.2 Å². The number of hydrogen-bond donors (Lipinski definition) is 2. The van der Waals surface area contributed by atoms with Crippen LogP contribution in [0, 0.1) is 23.2 Å². The summed E-state index contributed by atoms with van der Waals surface area (Å²) in [5.74, 6) is -2.60. The highest BCUT2D eigenvalue weighted by Gasteiger charge is 2.55. The molecule has 36 heavy (non-hydrogen) atoms. The molecule has 3 amide bonds. The molecule has 2 aliphatic carbocycles. The van der Waals surface area contributed by atoms with Crippen LogP contribution in [0.5, 0.6) is 0 Å². The largest absolute Gasteiger partial charge is 0.522 e. The molecule has 5 fully saturated rings. The lowest BCUT2D eigenvalue weighted by atomic mass is 9.92. The number of likely N-dealkylation sites (tertiary alicyclic amines) is 1. The normalized spacial score (nSPS) is 33.5. The lowest BCUT2D eigenvalue weighted by Gasteiger charge is -2.30. The van der Waals surface area contributed by atoms with Gasteiger partial charge in [-0.2, -0.15) is 0 Å². The van der Waals surface area contributed by atoms with Gasteiger partial charge in [0.2, 0.25) is 11.8 Å². The second-order valence-electron chi connectivity index (χ2n) is 11.1. The third kappa shape index (κ3) is 5.25. The van der Waals surface area contributed by atoms with Gasteiger partial charge in [0.15, 0.2) is 5.78 Å². The van der Waals surface area contributed by atoms with E-state index in [2.05, 4.69) is 15.4 Å². The fraction of sp³-hybridized carbons (Fsp3) is 0.833. The van der Waals surface area contributed by atoms with Crippen LogP contribution in [-0.4, -0.2) is 79.3 Å². The van der Waals surface area contributed by atoms with Crippen LogP contribution < -0.4 is 10.6 Å². The number of halogens is 3. The Hall–Kier alpha value is -2.21. The first-order chi connectivity index (χ1) is 17.1. The van der Waals surface area contributed by atoms with Crippen molar-refractivity contribution in [3.8, 4) is 0 Å². The fourth-order valence-electron chi connectivity index (χ4n) is 6.46. The van der Waals surface area contributed by atoms with E-state index in [-0.39, 0.29) is 35.5 Å². The maximum Gasteiger partial charge on any atom is 0.522 e. The van der Waals surface area contributed by atoms with Crippen LogP contribution in [0.4, 0.5) is 13.2 Å². The second-order valence-corrected chi connectivity index (χ2v) is 11.1. The van der Waals surface area contributed by atoms with E-state index < -0.39 is 48.8 Å². The zero-order valence-corrected chi connectivity index (χ0v) is 20.0. The molecule has 0 aromatic heterocycles. The van der Waals surface area contributed by atoms with E-state index in [0.717, 1.165) is 32.1 Å². The van der Waals surface area contributed by atoms with Crippen molar-refractivity contribution in [3.05, 3.63) is 0 Å². The van der Waals surface area contributed by atoms with Gasteiger partial charge in [0, 0.05) is 19.0 Å². The first-order valence-electron chi connectivity index (χ1n) is 12.8. The Morgan fingerprint density at radius 2 is 2.00 bits per heavy atom. The lowest BCUT2D eigenvalue weighted by Crippen LogP contribution is -2.55. The third-order valence-electron chi connectivity index (χ3n) is 8.65. The molecular formula is C24H32F3N3O6. The number of fused-ring (bicyclic) bond motifs is 1. The van der Waals surface area contributed by atoms with Gasteiger partial charge in [0.1, 0.15) is 18.8 Å². The minimum atomic E-state index is -5.00. The van der Waals surface area contributed by atoms with Crippen LogP contribution in [0.2, 0.25) is 0 Å². The first kappa shape index (κ1) is 25.4. The zero-order chi connectivity index (χ0) is 25.7. The minimum absolute atomic E-state index is 0.0813. The molecule has 3 saturated heterocycles. The topological polar surface area (TPSA) is 114 Å². The Kier molecular flexibility index (Phi) is 6.78. The summed E-state index contributed by atoms with van der Waals surface area (Å²) < 4.78 is 47.2. The summed E-state index contributed by atoms with van der Waals surface area (Å²) in [6, 6.07) is -2.15. The molecule has 3 aliphatic heterocycles. The van der Waals surface area contributed by atoms with E-state index in [4.69, 9.17) is 4.74 Å². The van der Waals surface area contributed by atoms with Crippen LogP contribution in [0.15, 0.2) is 0 Å². The quantitative estimate of drug-likeness (QED) is 0.504. The van der Waals surface area contributed by atoms with E-state index in [0.29, 0.717) is 32.5 Å². The van der Waals surface area contributed by atoms with Gasteiger partial charge in [0.05, 0.1) is 12.6 Å². The molecular weight excluding hydrogens is 483 g/mol. The monoisotopic (exact) mass is 515 g/mol. The summed E-state index contributed by atoms with van der Waals surface area (Å²) >= 11 is 0. The van der Waals surface area contributed by atoms with Crippen LogP contribution in [0.25, 0.3) is 0 Å². The van der Waals surface area contributed by atoms with Gasteiger partial charge in [-0.25, -0.2) is 0 Å². The maximum atomic E-state index is 13.6. The maximum absolute atomic E-state index is 13.6. The van der Waals surface area contributed by atoms with Crippen molar-refractivity contribution in [2.75, 3.05) is 26.3 Å². The van der Waals surface area contributed by atoms with Crippen molar-refractivity contribution < 1.29 is 41.8 Å². The highest BCUT2D eigenvalue weighted by Crippen LogP contribution is 2.54. The molecule has 12 heteroatoms.